The van der Waals surface area contributed by atoms with Gasteiger partial charge in [0.15, 0.2) is 0 Å². The SMILES string of the molecule is Cc1cccc(C(=O)NC2CN3CCC2CC3)c1I. The molecule has 2 bridgehead atoms. The fourth-order valence-corrected chi connectivity index (χ4v) is 3.80. The highest BCUT2D eigenvalue weighted by molar-refractivity contribution is 14.1. The van der Waals surface area contributed by atoms with Gasteiger partial charge in [0.2, 0.25) is 0 Å². The molecule has 3 fully saturated rings. The number of halogens is 1. The fraction of sp³-hybridized carbons (Fsp3) is 0.533. The number of carbonyl (C=O) groups is 1. The molecule has 1 atom stereocenters. The first kappa shape index (κ1) is 13.4. The van der Waals surface area contributed by atoms with Crippen molar-refractivity contribution in [2.75, 3.05) is 19.6 Å². The number of benzene rings is 1. The van der Waals surface area contributed by atoms with Crippen molar-refractivity contribution in [3.63, 3.8) is 0 Å². The third kappa shape index (κ3) is 2.65. The number of hydrogen-bond acceptors (Lipinski definition) is 2. The van der Waals surface area contributed by atoms with Gasteiger partial charge in [0.1, 0.15) is 0 Å². The Kier molecular flexibility index (Phi) is 3.80. The van der Waals surface area contributed by atoms with Crippen LogP contribution in [-0.2, 0) is 0 Å². The van der Waals surface area contributed by atoms with Gasteiger partial charge in [0.25, 0.3) is 5.91 Å². The first-order valence-corrected chi connectivity index (χ1v) is 8.01. The van der Waals surface area contributed by atoms with Crippen LogP contribution >= 0.6 is 22.6 Å². The number of aryl methyl sites for hydroxylation is 1. The summed E-state index contributed by atoms with van der Waals surface area (Å²) < 4.78 is 1.07. The number of amides is 1. The summed E-state index contributed by atoms with van der Waals surface area (Å²) in [5.41, 5.74) is 1.99. The van der Waals surface area contributed by atoms with E-state index in [0.717, 1.165) is 15.7 Å². The van der Waals surface area contributed by atoms with Gasteiger partial charge >= 0.3 is 0 Å². The maximum absolute atomic E-state index is 12.4. The Morgan fingerprint density at radius 1 is 1.37 bits per heavy atom. The van der Waals surface area contributed by atoms with Crippen molar-refractivity contribution < 1.29 is 4.79 Å². The summed E-state index contributed by atoms with van der Waals surface area (Å²) >= 11 is 2.27. The van der Waals surface area contributed by atoms with Gasteiger partial charge in [-0.2, -0.15) is 0 Å². The van der Waals surface area contributed by atoms with E-state index >= 15 is 0 Å². The highest BCUT2D eigenvalue weighted by Crippen LogP contribution is 2.28. The predicted molar refractivity (Wildman–Crippen MR) is 84.3 cm³/mol. The first-order valence-electron chi connectivity index (χ1n) is 6.93. The lowest BCUT2D eigenvalue weighted by Gasteiger charge is -2.44. The number of nitrogens with one attached hydrogen (secondary N) is 1. The molecule has 0 radical (unpaired) electrons. The summed E-state index contributed by atoms with van der Waals surface area (Å²) in [6.45, 7) is 5.49. The molecule has 4 heteroatoms. The highest BCUT2D eigenvalue weighted by atomic mass is 127. The molecule has 0 aliphatic carbocycles. The summed E-state index contributed by atoms with van der Waals surface area (Å²) in [5.74, 6) is 0.767. The molecule has 1 amide bonds. The van der Waals surface area contributed by atoms with Crippen LogP contribution in [0, 0.1) is 16.4 Å². The van der Waals surface area contributed by atoms with Gasteiger partial charge in [-0.05, 0) is 73.0 Å². The molecule has 3 heterocycles. The topological polar surface area (TPSA) is 32.3 Å². The van der Waals surface area contributed by atoms with Crippen molar-refractivity contribution in [3.05, 3.63) is 32.9 Å². The zero-order valence-electron chi connectivity index (χ0n) is 11.2. The molecule has 3 aliphatic rings. The van der Waals surface area contributed by atoms with Crippen molar-refractivity contribution in [2.45, 2.75) is 25.8 Å². The summed E-state index contributed by atoms with van der Waals surface area (Å²) in [5, 5.41) is 3.25. The van der Waals surface area contributed by atoms with Gasteiger partial charge in [-0.1, -0.05) is 12.1 Å². The maximum atomic E-state index is 12.4. The van der Waals surface area contributed by atoms with E-state index in [2.05, 4.69) is 32.8 Å². The van der Waals surface area contributed by atoms with Crippen LogP contribution < -0.4 is 5.32 Å². The molecule has 3 saturated heterocycles. The van der Waals surface area contributed by atoms with Gasteiger partial charge in [0, 0.05) is 16.2 Å². The van der Waals surface area contributed by atoms with E-state index in [9.17, 15) is 4.79 Å². The van der Waals surface area contributed by atoms with Crippen LogP contribution in [0.3, 0.4) is 0 Å². The van der Waals surface area contributed by atoms with Gasteiger partial charge < -0.3 is 10.2 Å². The fourth-order valence-electron chi connectivity index (χ4n) is 3.20. The molecule has 0 aromatic heterocycles. The van der Waals surface area contributed by atoms with E-state index < -0.39 is 0 Å². The Morgan fingerprint density at radius 3 is 2.74 bits per heavy atom. The Morgan fingerprint density at radius 2 is 2.11 bits per heavy atom. The second-order valence-corrected chi connectivity index (χ2v) is 6.73. The molecule has 102 valence electrons. The van der Waals surface area contributed by atoms with Crippen LogP contribution in [0.5, 0.6) is 0 Å². The third-order valence-corrected chi connectivity index (χ3v) is 5.84. The van der Waals surface area contributed by atoms with E-state index in [1.807, 2.05) is 25.1 Å². The lowest BCUT2D eigenvalue weighted by molar-refractivity contribution is 0.0620. The quantitative estimate of drug-likeness (QED) is 0.812. The average Bonchev–Trinajstić information content (AvgIpc) is 2.43. The second kappa shape index (κ2) is 5.40. The van der Waals surface area contributed by atoms with Gasteiger partial charge in [-0.3, -0.25) is 4.79 Å². The van der Waals surface area contributed by atoms with Gasteiger partial charge in [0.05, 0.1) is 5.56 Å². The highest BCUT2D eigenvalue weighted by Gasteiger charge is 2.35. The first-order chi connectivity index (χ1) is 9.15. The van der Waals surface area contributed by atoms with Crippen LogP contribution in [0.1, 0.15) is 28.8 Å². The molecule has 1 aromatic carbocycles. The van der Waals surface area contributed by atoms with Gasteiger partial charge in [-0.25, -0.2) is 0 Å². The van der Waals surface area contributed by atoms with E-state index in [-0.39, 0.29) is 5.91 Å². The van der Waals surface area contributed by atoms with Crippen molar-refractivity contribution in [3.8, 4) is 0 Å². The Labute approximate surface area is 127 Å². The lowest BCUT2D eigenvalue weighted by atomic mass is 9.84. The molecule has 19 heavy (non-hydrogen) atoms. The zero-order valence-corrected chi connectivity index (χ0v) is 13.3. The molecule has 4 rings (SSSR count). The predicted octanol–water partition coefficient (Wildman–Crippen LogP) is 2.42. The molecule has 0 spiro atoms. The second-order valence-electron chi connectivity index (χ2n) is 5.65. The lowest BCUT2D eigenvalue weighted by Crippen LogP contribution is -2.57. The van der Waals surface area contributed by atoms with Crippen LogP contribution in [0.4, 0.5) is 0 Å². The largest absolute Gasteiger partial charge is 0.348 e. The van der Waals surface area contributed by atoms with E-state index in [1.54, 1.807) is 0 Å². The van der Waals surface area contributed by atoms with Crippen molar-refractivity contribution in [2.24, 2.45) is 5.92 Å². The Hall–Kier alpha value is -0.620. The number of rotatable bonds is 2. The molecule has 3 nitrogen and oxygen atoms in total. The normalized spacial score (nSPS) is 29.3. The van der Waals surface area contributed by atoms with E-state index in [4.69, 9.17) is 0 Å². The molecular weight excluding hydrogens is 351 g/mol. The van der Waals surface area contributed by atoms with Crippen LogP contribution in [0.2, 0.25) is 0 Å². The number of nitrogens with zero attached hydrogens (tertiary/aromatic N) is 1. The minimum atomic E-state index is 0.0897. The number of hydrogen-bond donors (Lipinski definition) is 1. The average molecular weight is 370 g/mol. The van der Waals surface area contributed by atoms with Crippen molar-refractivity contribution in [1.82, 2.24) is 10.2 Å². The molecular formula is C15H19IN2O. The maximum Gasteiger partial charge on any atom is 0.252 e. The molecule has 3 aliphatic heterocycles. The minimum Gasteiger partial charge on any atom is -0.348 e. The minimum absolute atomic E-state index is 0.0897. The van der Waals surface area contributed by atoms with Crippen molar-refractivity contribution in [1.29, 1.82) is 0 Å². The standard InChI is InChI=1S/C15H19IN2O/c1-10-3-2-4-12(14(10)16)15(19)17-13-9-18-7-5-11(13)6-8-18/h2-4,11,13H,5-9H2,1H3,(H,17,19). The smallest absolute Gasteiger partial charge is 0.252 e. The Balaban J connectivity index is 1.73. The van der Waals surface area contributed by atoms with Crippen molar-refractivity contribution >= 4 is 28.5 Å². The monoisotopic (exact) mass is 370 g/mol. The summed E-state index contributed by atoms with van der Waals surface area (Å²) in [6.07, 6.45) is 2.46. The molecule has 0 saturated carbocycles. The van der Waals surface area contributed by atoms with Crippen LogP contribution in [0.15, 0.2) is 18.2 Å². The number of fused-ring (bicyclic) bond motifs is 3. The van der Waals surface area contributed by atoms with E-state index in [0.29, 0.717) is 12.0 Å². The molecule has 1 unspecified atom stereocenters. The Bertz CT molecular complexity index is 495. The summed E-state index contributed by atoms with van der Waals surface area (Å²) in [4.78, 5) is 14.9. The van der Waals surface area contributed by atoms with Crippen LogP contribution in [0.25, 0.3) is 0 Å². The number of carbonyl (C=O) groups excluding carboxylic acids is 1. The summed E-state index contributed by atoms with van der Waals surface area (Å²) in [7, 11) is 0. The van der Waals surface area contributed by atoms with Crippen LogP contribution in [-0.4, -0.2) is 36.5 Å². The molecule has 1 N–H and O–H groups in total. The number of piperidine rings is 3. The zero-order chi connectivity index (χ0) is 13.4. The summed E-state index contributed by atoms with van der Waals surface area (Å²) in [6, 6.07) is 6.27. The van der Waals surface area contributed by atoms with Gasteiger partial charge in [-0.15, -0.1) is 0 Å². The van der Waals surface area contributed by atoms with E-state index in [1.165, 1.54) is 31.5 Å². The molecule has 1 aromatic rings. The third-order valence-electron chi connectivity index (χ3n) is 4.41.